The molecule has 0 aliphatic carbocycles. The fraction of sp³-hybridized carbons (Fsp3) is 0.312. The van der Waals surface area contributed by atoms with E-state index in [9.17, 15) is 0 Å². The van der Waals surface area contributed by atoms with Crippen LogP contribution in [0.4, 0.5) is 0 Å². The van der Waals surface area contributed by atoms with Crippen molar-refractivity contribution in [3.05, 3.63) is 60.3 Å². The van der Waals surface area contributed by atoms with Crippen molar-refractivity contribution < 1.29 is 0 Å². The summed E-state index contributed by atoms with van der Waals surface area (Å²) in [5, 5.41) is 1.35. The minimum atomic E-state index is 0.0215. The van der Waals surface area contributed by atoms with E-state index in [2.05, 4.69) is 31.0 Å². The Morgan fingerprint density at radius 3 is 2.26 bits per heavy atom. The van der Waals surface area contributed by atoms with Gasteiger partial charge in [0, 0.05) is 17.5 Å². The van der Waals surface area contributed by atoms with Crippen LogP contribution in [0.5, 0.6) is 0 Å². The SMILES string of the molecule is CC(C)C(Sc1ccccn1)C(N)c1ccccc1. The predicted octanol–water partition coefficient (Wildman–Crippen LogP) is 3.90. The molecule has 19 heavy (non-hydrogen) atoms. The van der Waals surface area contributed by atoms with Crippen LogP contribution in [-0.4, -0.2) is 10.2 Å². The normalized spacial score (nSPS) is 14.3. The number of pyridine rings is 1. The minimum Gasteiger partial charge on any atom is -0.323 e. The molecule has 1 aromatic heterocycles. The first-order chi connectivity index (χ1) is 9.18. The molecule has 2 rings (SSSR count). The van der Waals surface area contributed by atoms with Crippen LogP contribution >= 0.6 is 11.8 Å². The van der Waals surface area contributed by atoms with Gasteiger partial charge in [-0.1, -0.05) is 50.2 Å². The molecule has 0 spiro atoms. The number of thioether (sulfide) groups is 1. The Kier molecular flexibility index (Phi) is 5.00. The Balaban J connectivity index is 2.17. The highest BCUT2D eigenvalue weighted by atomic mass is 32.2. The van der Waals surface area contributed by atoms with E-state index in [1.54, 1.807) is 11.8 Å². The lowest BCUT2D eigenvalue weighted by atomic mass is 9.97. The Labute approximate surface area is 119 Å². The van der Waals surface area contributed by atoms with Gasteiger partial charge in [-0.15, -0.1) is 11.8 Å². The van der Waals surface area contributed by atoms with Gasteiger partial charge in [-0.2, -0.15) is 0 Å². The lowest BCUT2D eigenvalue weighted by Crippen LogP contribution is -2.28. The molecule has 3 heteroatoms. The lowest BCUT2D eigenvalue weighted by molar-refractivity contribution is 0.527. The Morgan fingerprint density at radius 2 is 1.68 bits per heavy atom. The van der Waals surface area contributed by atoms with Crippen LogP contribution in [-0.2, 0) is 0 Å². The van der Waals surface area contributed by atoms with E-state index >= 15 is 0 Å². The zero-order chi connectivity index (χ0) is 13.7. The van der Waals surface area contributed by atoms with Crippen molar-refractivity contribution >= 4 is 11.8 Å². The Hall–Kier alpha value is -1.32. The van der Waals surface area contributed by atoms with Crippen molar-refractivity contribution in [2.24, 2.45) is 11.7 Å². The predicted molar refractivity (Wildman–Crippen MR) is 82.1 cm³/mol. The molecule has 2 N–H and O–H groups in total. The van der Waals surface area contributed by atoms with E-state index < -0.39 is 0 Å². The van der Waals surface area contributed by atoms with Crippen LogP contribution in [0.25, 0.3) is 0 Å². The fourth-order valence-electron chi connectivity index (χ4n) is 2.05. The van der Waals surface area contributed by atoms with Crippen LogP contribution < -0.4 is 5.73 Å². The number of aromatic nitrogens is 1. The van der Waals surface area contributed by atoms with E-state index in [4.69, 9.17) is 5.73 Å². The summed E-state index contributed by atoms with van der Waals surface area (Å²) in [6.07, 6.45) is 1.83. The first kappa shape index (κ1) is 14.1. The summed E-state index contributed by atoms with van der Waals surface area (Å²) >= 11 is 1.76. The van der Waals surface area contributed by atoms with Crippen LogP contribution in [0.15, 0.2) is 59.8 Å². The monoisotopic (exact) mass is 272 g/mol. The molecule has 2 nitrogen and oxygen atoms in total. The second-order valence-electron chi connectivity index (χ2n) is 4.93. The molecule has 100 valence electrons. The summed E-state index contributed by atoms with van der Waals surface area (Å²) in [5.41, 5.74) is 7.62. The second-order valence-corrected chi connectivity index (χ2v) is 6.13. The van der Waals surface area contributed by atoms with E-state index in [1.165, 1.54) is 5.56 Å². The van der Waals surface area contributed by atoms with Crippen LogP contribution in [0.3, 0.4) is 0 Å². The first-order valence-corrected chi connectivity index (χ1v) is 7.44. The first-order valence-electron chi connectivity index (χ1n) is 6.56. The molecule has 0 radical (unpaired) electrons. The van der Waals surface area contributed by atoms with Gasteiger partial charge in [0.15, 0.2) is 0 Å². The molecule has 2 aromatic rings. The average molecular weight is 272 g/mol. The maximum atomic E-state index is 6.44. The summed E-state index contributed by atoms with van der Waals surface area (Å²) in [7, 11) is 0. The number of nitrogens with two attached hydrogens (primary N) is 1. The van der Waals surface area contributed by atoms with Crippen molar-refractivity contribution in [2.75, 3.05) is 0 Å². The zero-order valence-electron chi connectivity index (χ0n) is 11.4. The third-order valence-electron chi connectivity index (χ3n) is 3.09. The van der Waals surface area contributed by atoms with Gasteiger partial charge in [0.25, 0.3) is 0 Å². The quantitative estimate of drug-likeness (QED) is 0.839. The van der Waals surface area contributed by atoms with Gasteiger partial charge >= 0.3 is 0 Å². The van der Waals surface area contributed by atoms with Crippen LogP contribution in [0.2, 0.25) is 0 Å². The van der Waals surface area contributed by atoms with E-state index in [0.717, 1.165) is 5.03 Å². The fourth-order valence-corrected chi connectivity index (χ4v) is 3.18. The van der Waals surface area contributed by atoms with Gasteiger partial charge in [0.05, 0.1) is 5.03 Å². The number of hydrogen-bond acceptors (Lipinski definition) is 3. The maximum absolute atomic E-state index is 6.44. The van der Waals surface area contributed by atoms with Crippen molar-refractivity contribution in [3.8, 4) is 0 Å². The number of rotatable bonds is 5. The average Bonchev–Trinajstić information content (AvgIpc) is 2.46. The third kappa shape index (κ3) is 3.82. The largest absolute Gasteiger partial charge is 0.323 e. The highest BCUT2D eigenvalue weighted by Gasteiger charge is 2.24. The van der Waals surface area contributed by atoms with Gasteiger partial charge in [0.1, 0.15) is 0 Å². The molecule has 0 fully saturated rings. The third-order valence-corrected chi connectivity index (χ3v) is 4.68. The highest BCUT2D eigenvalue weighted by Crippen LogP contribution is 2.34. The summed E-state index contributed by atoms with van der Waals surface area (Å²) in [6.45, 7) is 4.42. The number of benzene rings is 1. The second kappa shape index (κ2) is 6.73. The Bertz CT molecular complexity index is 485. The smallest absolute Gasteiger partial charge is 0.0963 e. The van der Waals surface area contributed by atoms with Gasteiger partial charge in [-0.25, -0.2) is 4.98 Å². The molecule has 0 saturated heterocycles. The molecule has 2 unspecified atom stereocenters. The van der Waals surface area contributed by atoms with Crippen molar-refractivity contribution in [2.45, 2.75) is 30.2 Å². The lowest BCUT2D eigenvalue weighted by Gasteiger charge is -2.26. The zero-order valence-corrected chi connectivity index (χ0v) is 12.2. The molecule has 1 aromatic carbocycles. The van der Waals surface area contributed by atoms with E-state index in [-0.39, 0.29) is 6.04 Å². The highest BCUT2D eigenvalue weighted by molar-refractivity contribution is 7.99. The molecule has 1 heterocycles. The molecule has 2 atom stereocenters. The topological polar surface area (TPSA) is 38.9 Å². The molecule has 0 bridgehead atoms. The standard InChI is InChI=1S/C16H20N2S/c1-12(2)16(19-14-10-6-7-11-18-14)15(17)13-8-4-3-5-9-13/h3-12,15-16H,17H2,1-2H3. The molecule has 0 aliphatic heterocycles. The minimum absolute atomic E-state index is 0.0215. The van der Waals surface area contributed by atoms with Gasteiger partial charge in [-0.3, -0.25) is 0 Å². The summed E-state index contributed by atoms with van der Waals surface area (Å²) in [6, 6.07) is 16.3. The van der Waals surface area contributed by atoms with Crippen LogP contribution in [0.1, 0.15) is 25.5 Å². The van der Waals surface area contributed by atoms with Crippen molar-refractivity contribution in [1.29, 1.82) is 0 Å². The van der Waals surface area contributed by atoms with Crippen molar-refractivity contribution in [1.82, 2.24) is 4.98 Å². The molecular weight excluding hydrogens is 252 g/mol. The summed E-state index contributed by atoms with van der Waals surface area (Å²) < 4.78 is 0. The van der Waals surface area contributed by atoms with Crippen molar-refractivity contribution in [3.63, 3.8) is 0 Å². The van der Waals surface area contributed by atoms with Gasteiger partial charge in [0.2, 0.25) is 0 Å². The number of nitrogens with zero attached hydrogens (tertiary/aromatic N) is 1. The van der Waals surface area contributed by atoms with Crippen LogP contribution in [0, 0.1) is 5.92 Å². The molecular formula is C16H20N2S. The summed E-state index contributed by atoms with van der Waals surface area (Å²) in [5.74, 6) is 0.488. The molecule has 0 amide bonds. The Morgan fingerprint density at radius 1 is 1.00 bits per heavy atom. The van der Waals surface area contributed by atoms with Gasteiger partial charge in [-0.05, 0) is 23.6 Å². The summed E-state index contributed by atoms with van der Waals surface area (Å²) in [4.78, 5) is 4.38. The number of hydrogen-bond donors (Lipinski definition) is 1. The maximum Gasteiger partial charge on any atom is 0.0963 e. The molecule has 0 saturated carbocycles. The van der Waals surface area contributed by atoms with Gasteiger partial charge < -0.3 is 5.73 Å². The molecule has 0 aliphatic rings. The van der Waals surface area contributed by atoms with E-state index in [0.29, 0.717) is 11.2 Å². The van der Waals surface area contributed by atoms with E-state index in [1.807, 2.05) is 42.6 Å².